The van der Waals surface area contributed by atoms with Crippen molar-refractivity contribution in [3.8, 4) is 11.5 Å². The largest absolute Gasteiger partial charge is 0.506 e. The van der Waals surface area contributed by atoms with Crippen molar-refractivity contribution in [1.82, 2.24) is 5.32 Å². The molecule has 0 unspecified atom stereocenters. The normalized spacial score (nSPS) is 10.4. The quantitative estimate of drug-likeness (QED) is 0.452. The number of aromatic hydroxyl groups is 1. The number of phenolic OH excluding ortho intramolecular Hbond substituents is 1. The van der Waals surface area contributed by atoms with E-state index in [4.69, 9.17) is 17.0 Å². The molecular formula is C18H18N2O3S. The van der Waals surface area contributed by atoms with Crippen LogP contribution in [0.4, 0.5) is 5.69 Å². The molecule has 6 heteroatoms. The first-order chi connectivity index (χ1) is 11.5. The summed E-state index contributed by atoms with van der Waals surface area (Å²) in [5.74, 6) is 0.454. The van der Waals surface area contributed by atoms with Gasteiger partial charge in [-0.3, -0.25) is 10.1 Å². The first-order valence-corrected chi connectivity index (χ1v) is 7.62. The Morgan fingerprint density at radius 1 is 1.21 bits per heavy atom. The van der Waals surface area contributed by atoms with Crippen LogP contribution in [0.15, 0.2) is 48.5 Å². The zero-order chi connectivity index (χ0) is 17.5. The van der Waals surface area contributed by atoms with Crippen LogP contribution in [-0.2, 0) is 4.79 Å². The van der Waals surface area contributed by atoms with E-state index in [0.29, 0.717) is 5.69 Å². The molecule has 0 aliphatic carbocycles. The molecule has 124 valence electrons. The number of ether oxygens (including phenoxy) is 1. The van der Waals surface area contributed by atoms with E-state index in [1.54, 1.807) is 25.3 Å². The van der Waals surface area contributed by atoms with Gasteiger partial charge in [-0.15, -0.1) is 0 Å². The van der Waals surface area contributed by atoms with Gasteiger partial charge in [0.1, 0.15) is 11.5 Å². The Labute approximate surface area is 146 Å². The number of hydrogen-bond acceptors (Lipinski definition) is 4. The van der Waals surface area contributed by atoms with Crippen LogP contribution < -0.4 is 15.4 Å². The van der Waals surface area contributed by atoms with Gasteiger partial charge in [0.05, 0.1) is 12.8 Å². The molecule has 0 atom stereocenters. The number of aryl methyl sites for hydroxylation is 1. The second-order valence-corrected chi connectivity index (χ2v) is 5.48. The first kappa shape index (κ1) is 17.5. The molecular weight excluding hydrogens is 324 g/mol. The Balaban J connectivity index is 1.91. The SMILES string of the molecule is COc1ccc(C=CC(=O)NC(=S)Nc2ccc(C)cc2O)cc1. The second kappa shape index (κ2) is 8.12. The number of amides is 1. The fraction of sp³-hybridized carbons (Fsp3) is 0.111. The molecule has 24 heavy (non-hydrogen) atoms. The van der Waals surface area contributed by atoms with Crippen molar-refractivity contribution < 1.29 is 14.6 Å². The van der Waals surface area contributed by atoms with Gasteiger partial charge in [-0.1, -0.05) is 18.2 Å². The summed E-state index contributed by atoms with van der Waals surface area (Å²) in [6.45, 7) is 1.87. The van der Waals surface area contributed by atoms with E-state index in [0.717, 1.165) is 16.9 Å². The minimum absolute atomic E-state index is 0.0698. The summed E-state index contributed by atoms with van der Waals surface area (Å²) in [6, 6.07) is 12.4. The lowest BCUT2D eigenvalue weighted by Crippen LogP contribution is -2.32. The number of nitrogens with one attached hydrogen (secondary N) is 2. The Morgan fingerprint density at radius 2 is 1.92 bits per heavy atom. The predicted octanol–water partition coefficient (Wildman–Crippen LogP) is 3.24. The van der Waals surface area contributed by atoms with Crippen molar-refractivity contribution in [3.63, 3.8) is 0 Å². The third-order valence-corrected chi connectivity index (χ3v) is 3.39. The average molecular weight is 342 g/mol. The zero-order valence-corrected chi connectivity index (χ0v) is 14.2. The maximum Gasteiger partial charge on any atom is 0.250 e. The molecule has 3 N–H and O–H groups in total. The van der Waals surface area contributed by atoms with E-state index in [1.165, 1.54) is 6.08 Å². The molecule has 0 spiro atoms. The molecule has 5 nitrogen and oxygen atoms in total. The molecule has 2 aromatic carbocycles. The van der Waals surface area contributed by atoms with Gasteiger partial charge < -0.3 is 15.2 Å². The van der Waals surface area contributed by atoms with Gasteiger partial charge in [0, 0.05) is 6.08 Å². The summed E-state index contributed by atoms with van der Waals surface area (Å²) >= 11 is 5.06. The Bertz CT molecular complexity index is 770. The summed E-state index contributed by atoms with van der Waals surface area (Å²) in [4.78, 5) is 11.9. The van der Waals surface area contributed by atoms with Crippen LogP contribution in [0.1, 0.15) is 11.1 Å². The van der Waals surface area contributed by atoms with E-state index in [1.807, 2.05) is 37.3 Å². The number of anilines is 1. The van der Waals surface area contributed by atoms with Crippen LogP contribution in [0.2, 0.25) is 0 Å². The molecule has 0 bridgehead atoms. The number of carbonyl (C=O) groups is 1. The van der Waals surface area contributed by atoms with E-state index >= 15 is 0 Å². The van der Waals surface area contributed by atoms with Gasteiger partial charge in [0.25, 0.3) is 0 Å². The molecule has 2 aromatic rings. The topological polar surface area (TPSA) is 70.6 Å². The van der Waals surface area contributed by atoms with Crippen LogP contribution in [0.25, 0.3) is 6.08 Å². The lowest BCUT2D eigenvalue weighted by molar-refractivity contribution is -0.115. The Hall–Kier alpha value is -2.86. The lowest BCUT2D eigenvalue weighted by Gasteiger charge is -2.10. The molecule has 0 fully saturated rings. The van der Waals surface area contributed by atoms with Gasteiger partial charge in [-0.25, -0.2) is 0 Å². The average Bonchev–Trinajstić information content (AvgIpc) is 2.56. The first-order valence-electron chi connectivity index (χ1n) is 7.21. The molecule has 0 heterocycles. The van der Waals surface area contributed by atoms with Crippen molar-refractivity contribution in [1.29, 1.82) is 0 Å². The van der Waals surface area contributed by atoms with Crippen LogP contribution in [0.3, 0.4) is 0 Å². The highest BCUT2D eigenvalue weighted by molar-refractivity contribution is 7.80. The van der Waals surface area contributed by atoms with Crippen LogP contribution in [0.5, 0.6) is 11.5 Å². The van der Waals surface area contributed by atoms with Gasteiger partial charge in [-0.05, 0) is 60.6 Å². The fourth-order valence-electron chi connectivity index (χ4n) is 1.94. The molecule has 1 amide bonds. The van der Waals surface area contributed by atoms with Crippen LogP contribution >= 0.6 is 12.2 Å². The monoisotopic (exact) mass is 342 g/mol. The van der Waals surface area contributed by atoms with Gasteiger partial charge >= 0.3 is 0 Å². The molecule has 0 saturated carbocycles. The van der Waals surface area contributed by atoms with Crippen molar-refractivity contribution in [2.45, 2.75) is 6.92 Å². The Kier molecular flexibility index (Phi) is 5.92. The highest BCUT2D eigenvalue weighted by atomic mass is 32.1. The standard InChI is InChI=1S/C18H18N2O3S/c1-12-3-9-15(16(21)11-12)19-18(24)20-17(22)10-6-13-4-7-14(23-2)8-5-13/h3-11,21H,1-2H3,(H2,19,20,22,24). The molecule has 0 radical (unpaired) electrons. The van der Waals surface area contributed by atoms with Gasteiger partial charge in [0.2, 0.25) is 5.91 Å². The summed E-state index contributed by atoms with van der Waals surface area (Å²) in [6.07, 6.45) is 3.05. The fourth-order valence-corrected chi connectivity index (χ4v) is 2.15. The smallest absolute Gasteiger partial charge is 0.250 e. The van der Waals surface area contributed by atoms with E-state index in [2.05, 4.69) is 10.6 Å². The third-order valence-electron chi connectivity index (χ3n) is 3.18. The van der Waals surface area contributed by atoms with Crippen LogP contribution in [-0.4, -0.2) is 23.2 Å². The second-order valence-electron chi connectivity index (χ2n) is 5.07. The number of benzene rings is 2. The van der Waals surface area contributed by atoms with Gasteiger partial charge in [-0.2, -0.15) is 0 Å². The van der Waals surface area contributed by atoms with Crippen molar-refractivity contribution >= 4 is 35.0 Å². The minimum atomic E-state index is -0.366. The molecule has 0 aliphatic rings. The molecule has 0 aliphatic heterocycles. The summed E-state index contributed by atoms with van der Waals surface area (Å²) in [7, 11) is 1.60. The molecule has 2 rings (SSSR count). The number of methoxy groups -OCH3 is 1. The number of hydrogen-bond donors (Lipinski definition) is 3. The van der Waals surface area contributed by atoms with Crippen molar-refractivity contribution in [3.05, 3.63) is 59.7 Å². The molecule has 0 aromatic heterocycles. The predicted molar refractivity (Wildman–Crippen MR) is 99.2 cm³/mol. The number of phenols is 1. The maximum absolute atomic E-state index is 11.9. The van der Waals surface area contributed by atoms with E-state index in [-0.39, 0.29) is 16.8 Å². The number of thiocarbonyl (C=S) groups is 1. The summed E-state index contributed by atoms with van der Waals surface area (Å²) in [5.41, 5.74) is 2.22. The minimum Gasteiger partial charge on any atom is -0.506 e. The van der Waals surface area contributed by atoms with Crippen LogP contribution in [0, 0.1) is 6.92 Å². The Morgan fingerprint density at radius 3 is 2.54 bits per heavy atom. The number of rotatable bonds is 4. The van der Waals surface area contributed by atoms with Gasteiger partial charge in [0.15, 0.2) is 5.11 Å². The van der Waals surface area contributed by atoms with Crippen molar-refractivity contribution in [2.24, 2.45) is 0 Å². The zero-order valence-electron chi connectivity index (χ0n) is 13.4. The highest BCUT2D eigenvalue weighted by Crippen LogP contribution is 2.23. The number of carbonyl (C=O) groups excluding carboxylic acids is 1. The lowest BCUT2D eigenvalue weighted by atomic mass is 10.2. The van der Waals surface area contributed by atoms with E-state index < -0.39 is 0 Å². The van der Waals surface area contributed by atoms with E-state index in [9.17, 15) is 9.90 Å². The highest BCUT2D eigenvalue weighted by Gasteiger charge is 2.05. The third kappa shape index (κ3) is 5.10. The summed E-state index contributed by atoms with van der Waals surface area (Å²) in [5, 5.41) is 15.2. The summed E-state index contributed by atoms with van der Waals surface area (Å²) < 4.78 is 5.07. The maximum atomic E-state index is 11.9. The van der Waals surface area contributed by atoms with Crippen molar-refractivity contribution in [2.75, 3.05) is 12.4 Å². The molecule has 0 saturated heterocycles.